The highest BCUT2D eigenvalue weighted by Crippen LogP contribution is 2.49. The minimum atomic E-state index is -4.31. The maximum atomic E-state index is 13.0. The highest BCUT2D eigenvalue weighted by atomic mass is 19.4. The van der Waals surface area contributed by atoms with Crippen LogP contribution in [0.1, 0.15) is 42.4 Å². The van der Waals surface area contributed by atoms with E-state index < -0.39 is 17.3 Å². The van der Waals surface area contributed by atoms with Crippen LogP contribution in [-0.4, -0.2) is 36.8 Å². The molecule has 3 nitrogen and oxygen atoms in total. The minimum absolute atomic E-state index is 0.0170. The molecule has 1 N–H and O–H groups in total. The first-order valence-corrected chi connectivity index (χ1v) is 10.4. The molecule has 0 amide bonds. The number of methoxy groups -OCH3 is 1. The fourth-order valence-corrected chi connectivity index (χ4v) is 5.26. The van der Waals surface area contributed by atoms with E-state index in [1.807, 2.05) is 31.2 Å². The molecule has 2 aliphatic rings. The summed E-state index contributed by atoms with van der Waals surface area (Å²) in [6.07, 6.45) is -2.90. The number of benzene rings is 2. The molecule has 2 aromatic carbocycles. The van der Waals surface area contributed by atoms with Crippen LogP contribution in [0.4, 0.5) is 13.2 Å². The summed E-state index contributed by atoms with van der Waals surface area (Å²) in [5.41, 5.74) is 0.200. The lowest BCUT2D eigenvalue weighted by Crippen LogP contribution is -2.30. The number of halogens is 3. The van der Waals surface area contributed by atoms with Crippen molar-refractivity contribution in [2.75, 3.05) is 26.7 Å². The van der Waals surface area contributed by atoms with Crippen molar-refractivity contribution in [2.45, 2.75) is 37.5 Å². The summed E-state index contributed by atoms with van der Waals surface area (Å²) in [4.78, 5) is 2.34. The second kappa shape index (κ2) is 7.89. The molecule has 0 spiro atoms. The van der Waals surface area contributed by atoms with Crippen LogP contribution >= 0.6 is 0 Å². The van der Waals surface area contributed by atoms with Crippen LogP contribution in [-0.2, 0) is 11.8 Å². The van der Waals surface area contributed by atoms with Crippen molar-refractivity contribution in [1.29, 1.82) is 0 Å². The number of nitrogens with zero attached hydrogens (tertiary/aromatic N) is 1. The fourth-order valence-electron chi connectivity index (χ4n) is 5.26. The summed E-state index contributed by atoms with van der Waals surface area (Å²) in [6, 6.07) is 13.3. The third-order valence-electron chi connectivity index (χ3n) is 6.77. The summed E-state index contributed by atoms with van der Waals surface area (Å²) in [5, 5.41) is 11.3. The molecular weight excluding hydrogens is 391 g/mol. The van der Waals surface area contributed by atoms with Gasteiger partial charge in [-0.1, -0.05) is 37.3 Å². The second-order valence-corrected chi connectivity index (χ2v) is 8.93. The fraction of sp³-hybridized carbons (Fsp3) is 0.500. The van der Waals surface area contributed by atoms with Crippen LogP contribution in [0.3, 0.4) is 0 Å². The normalized spacial score (nSPS) is 27.8. The first-order chi connectivity index (χ1) is 14.2. The highest BCUT2D eigenvalue weighted by molar-refractivity contribution is 5.33. The molecule has 1 heterocycles. The summed E-state index contributed by atoms with van der Waals surface area (Å²) >= 11 is 0. The highest BCUT2D eigenvalue weighted by Gasteiger charge is 2.49. The smallest absolute Gasteiger partial charge is 0.416 e. The van der Waals surface area contributed by atoms with E-state index in [0.29, 0.717) is 24.7 Å². The first kappa shape index (κ1) is 21.2. The molecular formula is C24H28F3NO2. The number of aliphatic hydroxyl groups is 1. The Labute approximate surface area is 175 Å². The second-order valence-electron chi connectivity index (χ2n) is 8.93. The number of hydrogen-bond donors (Lipinski definition) is 1. The number of hydrogen-bond acceptors (Lipinski definition) is 3. The van der Waals surface area contributed by atoms with Gasteiger partial charge in [-0.25, -0.2) is 0 Å². The van der Waals surface area contributed by atoms with Crippen molar-refractivity contribution >= 4 is 0 Å². The van der Waals surface area contributed by atoms with Gasteiger partial charge < -0.3 is 14.7 Å². The first-order valence-electron chi connectivity index (χ1n) is 10.4. The summed E-state index contributed by atoms with van der Waals surface area (Å²) in [7, 11) is 1.62. The van der Waals surface area contributed by atoms with Crippen molar-refractivity contribution in [1.82, 2.24) is 4.90 Å². The largest absolute Gasteiger partial charge is 0.497 e. The zero-order valence-electron chi connectivity index (χ0n) is 17.3. The monoisotopic (exact) mass is 419 g/mol. The van der Waals surface area contributed by atoms with Crippen molar-refractivity contribution < 1.29 is 23.0 Å². The number of rotatable bonds is 5. The van der Waals surface area contributed by atoms with E-state index in [2.05, 4.69) is 4.90 Å². The molecule has 2 aromatic rings. The Morgan fingerprint density at radius 1 is 1.10 bits per heavy atom. The molecule has 4 atom stereocenters. The van der Waals surface area contributed by atoms with Crippen LogP contribution in [0.2, 0.25) is 0 Å². The Hall–Kier alpha value is -2.05. The number of ether oxygens (including phenoxy) is 1. The lowest BCUT2D eigenvalue weighted by molar-refractivity contribution is -0.137. The molecule has 6 heteroatoms. The average molecular weight is 419 g/mol. The average Bonchev–Trinajstić information content (AvgIpc) is 3.22. The van der Waals surface area contributed by atoms with Crippen LogP contribution in [0.15, 0.2) is 48.5 Å². The van der Waals surface area contributed by atoms with Crippen LogP contribution in [0, 0.1) is 11.8 Å². The van der Waals surface area contributed by atoms with Gasteiger partial charge in [0, 0.05) is 19.6 Å². The summed E-state index contributed by atoms with van der Waals surface area (Å²) < 4.78 is 44.3. The molecule has 0 aromatic heterocycles. The van der Waals surface area contributed by atoms with Gasteiger partial charge in [0.2, 0.25) is 0 Å². The third-order valence-corrected chi connectivity index (χ3v) is 6.77. The van der Waals surface area contributed by atoms with Gasteiger partial charge in [0.25, 0.3) is 0 Å². The number of alkyl halides is 3. The van der Waals surface area contributed by atoms with Crippen molar-refractivity contribution in [2.24, 2.45) is 11.8 Å². The SMILES string of the molecule is COc1cccc(C2(O)C[C@H]3CN(CC(C)c4cccc(C(F)(F)F)c4)C[C@H]3C2)c1. The topological polar surface area (TPSA) is 32.7 Å². The molecule has 30 heavy (non-hydrogen) atoms. The maximum Gasteiger partial charge on any atom is 0.416 e. The Morgan fingerprint density at radius 2 is 1.77 bits per heavy atom. The Kier molecular flexibility index (Phi) is 5.58. The van der Waals surface area contributed by atoms with Gasteiger partial charge >= 0.3 is 6.18 Å². The predicted molar refractivity (Wildman–Crippen MR) is 109 cm³/mol. The summed E-state index contributed by atoms with van der Waals surface area (Å²) in [5.74, 6) is 1.56. The van der Waals surface area contributed by atoms with Gasteiger partial charge in [-0.05, 0) is 59.9 Å². The van der Waals surface area contributed by atoms with E-state index in [0.717, 1.165) is 42.6 Å². The molecule has 162 valence electrons. The molecule has 4 rings (SSSR count). The van der Waals surface area contributed by atoms with Gasteiger partial charge in [0.15, 0.2) is 0 Å². The molecule has 0 radical (unpaired) electrons. The van der Waals surface area contributed by atoms with Crippen molar-refractivity contribution in [3.05, 3.63) is 65.2 Å². The molecule has 2 fully saturated rings. The van der Waals surface area contributed by atoms with E-state index in [9.17, 15) is 18.3 Å². The van der Waals surface area contributed by atoms with E-state index in [4.69, 9.17) is 4.74 Å². The van der Waals surface area contributed by atoms with Gasteiger partial charge in [0.05, 0.1) is 18.3 Å². The molecule has 1 saturated heterocycles. The van der Waals surface area contributed by atoms with E-state index in [1.165, 1.54) is 12.1 Å². The number of fused-ring (bicyclic) bond motifs is 1. The molecule has 1 aliphatic heterocycles. The predicted octanol–water partition coefficient (Wildman–Crippen LogP) is 5.05. The zero-order chi connectivity index (χ0) is 21.5. The quantitative estimate of drug-likeness (QED) is 0.737. The molecule has 0 bridgehead atoms. The van der Waals surface area contributed by atoms with Gasteiger partial charge in [-0.15, -0.1) is 0 Å². The third kappa shape index (κ3) is 4.21. The van der Waals surface area contributed by atoms with Gasteiger partial charge in [-0.2, -0.15) is 13.2 Å². The Morgan fingerprint density at radius 3 is 2.40 bits per heavy atom. The standard InChI is InChI=1S/C24H28F3NO2/c1-16(17-5-3-7-21(9-17)24(25,26)27)13-28-14-18-11-23(29,12-19(18)15-28)20-6-4-8-22(10-20)30-2/h3-10,16,18-19,29H,11-15H2,1-2H3/t16?,18-,19+,23?. The van der Waals surface area contributed by atoms with Gasteiger partial charge in [0.1, 0.15) is 5.75 Å². The van der Waals surface area contributed by atoms with Crippen LogP contribution in [0.5, 0.6) is 5.75 Å². The van der Waals surface area contributed by atoms with E-state index in [-0.39, 0.29) is 5.92 Å². The number of likely N-dealkylation sites (tertiary alicyclic amines) is 1. The van der Waals surface area contributed by atoms with E-state index in [1.54, 1.807) is 13.2 Å². The molecule has 1 aliphatic carbocycles. The van der Waals surface area contributed by atoms with Gasteiger partial charge in [-0.3, -0.25) is 0 Å². The van der Waals surface area contributed by atoms with Crippen LogP contribution < -0.4 is 4.74 Å². The zero-order valence-corrected chi connectivity index (χ0v) is 17.3. The lowest BCUT2D eigenvalue weighted by atomic mass is 9.90. The van der Waals surface area contributed by atoms with E-state index >= 15 is 0 Å². The molecule has 2 unspecified atom stereocenters. The Balaban J connectivity index is 1.39. The Bertz CT molecular complexity index is 884. The summed E-state index contributed by atoms with van der Waals surface area (Å²) in [6.45, 7) is 4.46. The van der Waals surface area contributed by atoms with Crippen molar-refractivity contribution in [3.8, 4) is 5.75 Å². The maximum absolute atomic E-state index is 13.0. The minimum Gasteiger partial charge on any atom is -0.497 e. The molecule has 1 saturated carbocycles. The lowest BCUT2D eigenvalue weighted by Gasteiger charge is -2.28. The van der Waals surface area contributed by atoms with Crippen LogP contribution in [0.25, 0.3) is 0 Å². The van der Waals surface area contributed by atoms with Crippen molar-refractivity contribution in [3.63, 3.8) is 0 Å².